The summed E-state index contributed by atoms with van der Waals surface area (Å²) in [5, 5.41) is 6.39. The lowest BCUT2D eigenvalue weighted by atomic mass is 9.89. The number of carbonyl (C=O) groups excluding carboxylic acids is 2. The number of likely N-dealkylation sites (tertiary alicyclic amines) is 1. The van der Waals surface area contributed by atoms with Gasteiger partial charge in [0.05, 0.1) is 22.2 Å². The van der Waals surface area contributed by atoms with Crippen LogP contribution >= 0.6 is 23.2 Å². The van der Waals surface area contributed by atoms with Gasteiger partial charge in [-0.05, 0) is 106 Å². The second-order valence-electron chi connectivity index (χ2n) is 11.2. The van der Waals surface area contributed by atoms with Crippen molar-refractivity contribution in [1.29, 1.82) is 0 Å². The van der Waals surface area contributed by atoms with E-state index in [9.17, 15) is 18.0 Å². The average molecular weight is 660 g/mol. The second-order valence-corrected chi connectivity index (χ2v) is 13.7. The molecule has 234 valence electrons. The lowest BCUT2D eigenvalue weighted by molar-refractivity contribution is -0.121. The molecule has 5 rings (SSSR count). The molecular formula is C32H36Cl2N4O5S. The molecule has 1 aliphatic carbocycles. The number of sulfonamides is 1. The molecule has 12 heteroatoms. The largest absolute Gasteiger partial charge is 0.454 e. The Kier molecular flexibility index (Phi) is 10.7. The topological polar surface area (TPSA) is 117 Å². The molecule has 1 saturated carbocycles. The smallest absolute Gasteiger partial charge is 0.262 e. The van der Waals surface area contributed by atoms with Crippen molar-refractivity contribution >= 4 is 50.7 Å². The second kappa shape index (κ2) is 14.6. The van der Waals surface area contributed by atoms with Crippen LogP contribution in [0.1, 0.15) is 55.3 Å². The van der Waals surface area contributed by atoms with Crippen molar-refractivity contribution in [2.75, 3.05) is 24.4 Å². The Bertz CT molecular complexity index is 1570. The van der Waals surface area contributed by atoms with Crippen LogP contribution in [-0.4, -0.2) is 56.9 Å². The summed E-state index contributed by atoms with van der Waals surface area (Å²) in [6.45, 7) is 2.21. The fourth-order valence-electron chi connectivity index (χ4n) is 5.72. The predicted molar refractivity (Wildman–Crippen MR) is 172 cm³/mol. The first-order valence-electron chi connectivity index (χ1n) is 14.8. The van der Waals surface area contributed by atoms with Crippen LogP contribution in [0.25, 0.3) is 0 Å². The van der Waals surface area contributed by atoms with Crippen LogP contribution in [0, 0.1) is 0 Å². The van der Waals surface area contributed by atoms with E-state index in [4.69, 9.17) is 27.9 Å². The Balaban J connectivity index is 1.11. The van der Waals surface area contributed by atoms with Crippen molar-refractivity contribution in [1.82, 2.24) is 15.5 Å². The molecule has 44 heavy (non-hydrogen) atoms. The van der Waals surface area contributed by atoms with E-state index in [0.29, 0.717) is 16.8 Å². The number of nitrogens with zero attached hydrogens (tertiary/aromatic N) is 1. The molecule has 0 atom stereocenters. The summed E-state index contributed by atoms with van der Waals surface area (Å²) in [6.07, 6.45) is 7.91. The van der Waals surface area contributed by atoms with Crippen LogP contribution in [-0.2, 0) is 14.8 Å². The molecule has 3 N–H and O–H groups in total. The van der Waals surface area contributed by atoms with Crippen LogP contribution in [0.2, 0.25) is 10.0 Å². The molecule has 0 spiro atoms. The highest BCUT2D eigenvalue weighted by molar-refractivity contribution is 7.92. The zero-order valence-corrected chi connectivity index (χ0v) is 26.6. The first kappa shape index (κ1) is 32.1. The Labute approximate surface area is 268 Å². The molecular weight excluding hydrogens is 623 g/mol. The highest BCUT2D eigenvalue weighted by Crippen LogP contribution is 2.36. The summed E-state index contributed by atoms with van der Waals surface area (Å²) < 4.78 is 34.7. The standard InChI is InChI=1S/C32H36Cl2N4O5S/c33-23-10-17-29(27(34)20-23)43-30-7-3-2-6-28(30)37-44(41,42)26-15-8-22(9-16-26)32(40)35-21-31(39)36-24-11-13-25(14-12-24)38-18-4-1-5-19-38/h2-3,6-10,15-17,20,24-25,37H,1,4-5,11-14,18-19,21H2,(H,35,40)(H,36,39). The molecule has 0 aromatic heterocycles. The minimum atomic E-state index is -4.02. The molecule has 2 aliphatic rings. The van der Waals surface area contributed by atoms with E-state index >= 15 is 0 Å². The van der Waals surface area contributed by atoms with Gasteiger partial charge in [-0.25, -0.2) is 8.42 Å². The third-order valence-electron chi connectivity index (χ3n) is 8.05. The maximum atomic E-state index is 13.1. The van der Waals surface area contributed by atoms with Gasteiger partial charge < -0.3 is 20.3 Å². The van der Waals surface area contributed by atoms with E-state index in [2.05, 4.69) is 20.3 Å². The van der Waals surface area contributed by atoms with Gasteiger partial charge in [-0.15, -0.1) is 0 Å². The van der Waals surface area contributed by atoms with Crippen LogP contribution in [0.15, 0.2) is 71.6 Å². The lowest BCUT2D eigenvalue weighted by Gasteiger charge is -2.39. The number of hydrogen-bond donors (Lipinski definition) is 3. The summed E-state index contributed by atoms with van der Waals surface area (Å²) in [4.78, 5) is 27.7. The summed E-state index contributed by atoms with van der Waals surface area (Å²) in [5.74, 6) is -0.148. The fraction of sp³-hybridized carbons (Fsp3) is 0.375. The van der Waals surface area contributed by atoms with Crippen LogP contribution in [0.4, 0.5) is 5.69 Å². The zero-order chi connectivity index (χ0) is 31.1. The van der Waals surface area contributed by atoms with E-state index < -0.39 is 15.9 Å². The summed E-state index contributed by atoms with van der Waals surface area (Å²) in [6, 6.07) is 17.5. The first-order valence-corrected chi connectivity index (χ1v) is 17.1. The average Bonchev–Trinajstić information content (AvgIpc) is 3.03. The number of piperidine rings is 1. The number of carbonyl (C=O) groups is 2. The highest BCUT2D eigenvalue weighted by atomic mass is 35.5. The zero-order valence-electron chi connectivity index (χ0n) is 24.2. The predicted octanol–water partition coefficient (Wildman–Crippen LogP) is 6.23. The van der Waals surface area contributed by atoms with Gasteiger partial charge in [-0.2, -0.15) is 0 Å². The molecule has 1 heterocycles. The van der Waals surface area contributed by atoms with E-state index in [1.807, 2.05) is 0 Å². The highest BCUT2D eigenvalue weighted by Gasteiger charge is 2.27. The normalized spacial score (nSPS) is 19.1. The molecule has 1 saturated heterocycles. The number of halogens is 2. The third-order valence-corrected chi connectivity index (χ3v) is 9.96. The molecule has 0 radical (unpaired) electrons. The van der Waals surface area contributed by atoms with Gasteiger partial charge in [0.1, 0.15) is 5.75 Å². The summed E-state index contributed by atoms with van der Waals surface area (Å²) >= 11 is 12.2. The van der Waals surface area contributed by atoms with E-state index in [-0.39, 0.29) is 45.4 Å². The van der Waals surface area contributed by atoms with Crippen molar-refractivity contribution in [3.05, 3.63) is 82.3 Å². The number of nitrogens with one attached hydrogen (secondary N) is 3. The summed E-state index contributed by atoms with van der Waals surface area (Å²) in [7, 11) is -4.02. The number of para-hydroxylation sites is 2. The number of ether oxygens (including phenoxy) is 1. The van der Waals surface area contributed by atoms with Gasteiger partial charge in [0.2, 0.25) is 5.91 Å². The maximum absolute atomic E-state index is 13.1. The van der Waals surface area contributed by atoms with Crippen molar-refractivity contribution in [2.24, 2.45) is 0 Å². The van der Waals surface area contributed by atoms with Crippen molar-refractivity contribution < 1.29 is 22.7 Å². The number of rotatable bonds is 10. The van der Waals surface area contributed by atoms with Gasteiger partial charge >= 0.3 is 0 Å². The first-order chi connectivity index (χ1) is 21.2. The number of amides is 2. The van der Waals surface area contributed by atoms with Gasteiger partial charge in [0.25, 0.3) is 15.9 Å². The van der Waals surface area contributed by atoms with Gasteiger partial charge in [0, 0.05) is 22.7 Å². The van der Waals surface area contributed by atoms with Crippen molar-refractivity contribution in [3.8, 4) is 11.5 Å². The van der Waals surface area contributed by atoms with E-state index in [1.54, 1.807) is 36.4 Å². The fourth-order valence-corrected chi connectivity index (χ4v) is 7.23. The van der Waals surface area contributed by atoms with E-state index in [1.165, 1.54) is 62.7 Å². The monoisotopic (exact) mass is 658 g/mol. The Hall–Kier alpha value is -3.31. The molecule has 3 aromatic carbocycles. The number of anilines is 1. The molecule has 1 aliphatic heterocycles. The van der Waals surface area contributed by atoms with Crippen LogP contribution < -0.4 is 20.1 Å². The van der Waals surface area contributed by atoms with Crippen molar-refractivity contribution in [2.45, 2.75) is 61.9 Å². The molecule has 0 unspecified atom stereocenters. The van der Waals surface area contributed by atoms with Gasteiger partial charge in [-0.3, -0.25) is 14.3 Å². The number of benzene rings is 3. The van der Waals surface area contributed by atoms with Crippen LogP contribution in [0.5, 0.6) is 11.5 Å². The molecule has 0 bridgehead atoms. The van der Waals surface area contributed by atoms with E-state index in [0.717, 1.165) is 25.7 Å². The Morgan fingerprint density at radius 2 is 1.57 bits per heavy atom. The Morgan fingerprint density at radius 1 is 0.864 bits per heavy atom. The number of hydrogen-bond acceptors (Lipinski definition) is 6. The third kappa shape index (κ3) is 8.44. The maximum Gasteiger partial charge on any atom is 0.262 e. The minimum absolute atomic E-state index is 0.0497. The SMILES string of the molecule is O=C(CNC(=O)c1ccc(S(=O)(=O)Nc2ccccc2Oc2ccc(Cl)cc2Cl)cc1)NC1CCC(N2CCCCC2)CC1. The van der Waals surface area contributed by atoms with Crippen molar-refractivity contribution in [3.63, 3.8) is 0 Å². The lowest BCUT2D eigenvalue weighted by Crippen LogP contribution is -2.47. The van der Waals surface area contributed by atoms with Gasteiger partial charge in [0.15, 0.2) is 5.75 Å². The molecule has 9 nitrogen and oxygen atoms in total. The Morgan fingerprint density at radius 3 is 2.27 bits per heavy atom. The molecule has 2 amide bonds. The van der Waals surface area contributed by atoms with Gasteiger partial charge in [-0.1, -0.05) is 41.8 Å². The van der Waals surface area contributed by atoms with Crippen LogP contribution in [0.3, 0.4) is 0 Å². The summed E-state index contributed by atoms with van der Waals surface area (Å²) in [5.41, 5.74) is 0.436. The molecule has 2 fully saturated rings. The quantitative estimate of drug-likeness (QED) is 0.238. The molecule has 3 aromatic rings. The minimum Gasteiger partial charge on any atom is -0.454 e.